The minimum absolute atomic E-state index is 0.122. The van der Waals surface area contributed by atoms with Gasteiger partial charge in [0, 0.05) is 18.7 Å². The SMILES string of the molecule is O=C(CNCC1CC1)Nc1ccc(F)c(-c2nnc3n2CCCCC3)c1. The van der Waals surface area contributed by atoms with Crippen LogP contribution in [-0.2, 0) is 17.8 Å². The van der Waals surface area contributed by atoms with E-state index in [1.807, 2.05) is 4.57 Å². The first-order valence-corrected chi connectivity index (χ1v) is 9.43. The van der Waals surface area contributed by atoms with Gasteiger partial charge < -0.3 is 15.2 Å². The second-order valence-corrected chi connectivity index (χ2v) is 7.22. The highest BCUT2D eigenvalue weighted by atomic mass is 19.1. The van der Waals surface area contributed by atoms with Crippen LogP contribution in [0.15, 0.2) is 18.2 Å². The molecule has 2 aromatic rings. The fraction of sp³-hybridized carbons (Fsp3) is 0.526. The maximum Gasteiger partial charge on any atom is 0.238 e. The van der Waals surface area contributed by atoms with E-state index in [1.54, 1.807) is 12.1 Å². The molecule has 0 unspecified atom stereocenters. The Morgan fingerprint density at radius 3 is 2.96 bits per heavy atom. The van der Waals surface area contributed by atoms with E-state index in [0.29, 0.717) is 17.1 Å². The van der Waals surface area contributed by atoms with E-state index in [4.69, 9.17) is 0 Å². The lowest BCUT2D eigenvalue weighted by Crippen LogP contribution is -2.29. The third kappa shape index (κ3) is 3.93. The number of aromatic nitrogens is 3. The van der Waals surface area contributed by atoms with Crippen LogP contribution in [0.2, 0.25) is 0 Å². The van der Waals surface area contributed by atoms with Crippen LogP contribution in [0.25, 0.3) is 11.4 Å². The molecule has 1 fully saturated rings. The zero-order valence-corrected chi connectivity index (χ0v) is 14.8. The fourth-order valence-electron chi connectivity index (χ4n) is 3.38. The van der Waals surface area contributed by atoms with E-state index < -0.39 is 0 Å². The van der Waals surface area contributed by atoms with Crippen LogP contribution in [0.1, 0.15) is 37.9 Å². The number of carbonyl (C=O) groups excluding carboxylic acids is 1. The Hall–Kier alpha value is -2.28. The summed E-state index contributed by atoms with van der Waals surface area (Å²) in [5, 5.41) is 14.4. The fourth-order valence-corrected chi connectivity index (χ4v) is 3.38. The molecule has 1 aliphatic heterocycles. The maximum atomic E-state index is 14.4. The Kier molecular flexibility index (Phi) is 4.97. The van der Waals surface area contributed by atoms with Crippen molar-refractivity contribution in [3.05, 3.63) is 29.8 Å². The minimum Gasteiger partial charge on any atom is -0.325 e. The number of amides is 1. The summed E-state index contributed by atoms with van der Waals surface area (Å²) in [7, 11) is 0. The lowest BCUT2D eigenvalue weighted by Gasteiger charge is -2.11. The van der Waals surface area contributed by atoms with Gasteiger partial charge in [0.1, 0.15) is 11.6 Å². The summed E-state index contributed by atoms with van der Waals surface area (Å²) >= 11 is 0. The smallest absolute Gasteiger partial charge is 0.238 e. The lowest BCUT2D eigenvalue weighted by atomic mass is 10.1. The summed E-state index contributed by atoms with van der Waals surface area (Å²) in [5.74, 6) is 1.71. The van der Waals surface area contributed by atoms with E-state index >= 15 is 0 Å². The van der Waals surface area contributed by atoms with E-state index in [0.717, 1.165) is 50.5 Å². The molecule has 138 valence electrons. The molecule has 0 spiro atoms. The number of benzene rings is 1. The number of rotatable bonds is 6. The Morgan fingerprint density at radius 1 is 1.23 bits per heavy atom. The summed E-state index contributed by atoms with van der Waals surface area (Å²) in [4.78, 5) is 12.1. The Morgan fingerprint density at radius 2 is 2.12 bits per heavy atom. The molecule has 0 saturated heterocycles. The molecule has 0 atom stereocenters. The van der Waals surface area contributed by atoms with Crippen molar-refractivity contribution in [2.75, 3.05) is 18.4 Å². The van der Waals surface area contributed by atoms with Crippen molar-refractivity contribution in [3.8, 4) is 11.4 Å². The minimum atomic E-state index is -0.352. The number of nitrogens with one attached hydrogen (secondary N) is 2. The standard InChI is InChI=1S/C19H24FN5O/c20-16-8-7-14(22-18(26)12-21-11-13-5-6-13)10-15(16)19-24-23-17-4-2-1-3-9-25(17)19/h7-8,10,13,21H,1-6,9,11-12H2,(H,22,26). The third-order valence-electron chi connectivity index (χ3n) is 5.02. The maximum absolute atomic E-state index is 14.4. The number of hydrogen-bond acceptors (Lipinski definition) is 4. The van der Waals surface area contributed by atoms with E-state index in [-0.39, 0.29) is 18.3 Å². The number of aryl methyl sites for hydroxylation is 1. The molecule has 2 heterocycles. The predicted octanol–water partition coefficient (Wildman–Crippen LogP) is 2.75. The summed E-state index contributed by atoms with van der Waals surface area (Å²) in [6.07, 6.45) is 6.65. The van der Waals surface area contributed by atoms with Gasteiger partial charge >= 0.3 is 0 Å². The van der Waals surface area contributed by atoms with Gasteiger partial charge in [-0.15, -0.1) is 10.2 Å². The number of hydrogen-bond donors (Lipinski definition) is 2. The third-order valence-corrected chi connectivity index (χ3v) is 5.02. The van der Waals surface area contributed by atoms with Gasteiger partial charge in [0.25, 0.3) is 0 Å². The first-order valence-electron chi connectivity index (χ1n) is 9.43. The molecule has 0 radical (unpaired) electrons. The topological polar surface area (TPSA) is 71.8 Å². The van der Waals surface area contributed by atoms with Crippen molar-refractivity contribution in [2.24, 2.45) is 5.92 Å². The quantitative estimate of drug-likeness (QED) is 0.834. The predicted molar refractivity (Wildman–Crippen MR) is 97.2 cm³/mol. The van der Waals surface area contributed by atoms with Crippen molar-refractivity contribution in [1.29, 1.82) is 0 Å². The molecule has 7 heteroatoms. The van der Waals surface area contributed by atoms with Crippen molar-refractivity contribution in [2.45, 2.75) is 45.1 Å². The summed E-state index contributed by atoms with van der Waals surface area (Å²) in [6, 6.07) is 4.61. The molecule has 1 aliphatic carbocycles. The first-order chi connectivity index (χ1) is 12.7. The lowest BCUT2D eigenvalue weighted by molar-refractivity contribution is -0.115. The van der Waals surface area contributed by atoms with Crippen LogP contribution in [-0.4, -0.2) is 33.8 Å². The van der Waals surface area contributed by atoms with Crippen molar-refractivity contribution in [3.63, 3.8) is 0 Å². The molecule has 1 amide bonds. The first kappa shape index (κ1) is 17.1. The monoisotopic (exact) mass is 357 g/mol. The highest BCUT2D eigenvalue weighted by molar-refractivity contribution is 5.92. The average molecular weight is 357 g/mol. The number of fused-ring (bicyclic) bond motifs is 1. The zero-order chi connectivity index (χ0) is 17.9. The number of carbonyl (C=O) groups is 1. The molecular weight excluding hydrogens is 333 g/mol. The van der Waals surface area contributed by atoms with Crippen LogP contribution in [0.4, 0.5) is 10.1 Å². The number of anilines is 1. The molecular formula is C19H24FN5O. The number of halogens is 1. The van der Waals surface area contributed by atoms with Crippen molar-refractivity contribution >= 4 is 11.6 Å². The van der Waals surface area contributed by atoms with E-state index in [9.17, 15) is 9.18 Å². The summed E-state index contributed by atoms with van der Waals surface area (Å²) in [6.45, 7) is 1.95. The Labute approximate surface area is 152 Å². The van der Waals surface area contributed by atoms with Crippen LogP contribution in [0.3, 0.4) is 0 Å². The molecule has 1 saturated carbocycles. The van der Waals surface area contributed by atoms with Crippen LogP contribution < -0.4 is 10.6 Å². The average Bonchev–Trinajstić information content (AvgIpc) is 3.41. The van der Waals surface area contributed by atoms with Crippen LogP contribution >= 0.6 is 0 Å². The van der Waals surface area contributed by atoms with Gasteiger partial charge in [0.15, 0.2) is 5.82 Å². The molecule has 4 rings (SSSR count). The molecule has 1 aromatic carbocycles. The number of nitrogens with zero attached hydrogens (tertiary/aromatic N) is 3. The zero-order valence-electron chi connectivity index (χ0n) is 14.8. The molecule has 0 bridgehead atoms. The van der Waals surface area contributed by atoms with Gasteiger partial charge in [0.05, 0.1) is 12.1 Å². The largest absolute Gasteiger partial charge is 0.325 e. The molecule has 26 heavy (non-hydrogen) atoms. The molecule has 1 aromatic heterocycles. The second kappa shape index (κ2) is 7.53. The highest BCUT2D eigenvalue weighted by Crippen LogP contribution is 2.28. The molecule has 2 aliphatic rings. The van der Waals surface area contributed by atoms with Gasteiger partial charge in [-0.05, 0) is 56.3 Å². The normalized spacial score (nSPS) is 16.8. The molecule has 2 N–H and O–H groups in total. The molecule has 6 nitrogen and oxygen atoms in total. The van der Waals surface area contributed by atoms with Crippen LogP contribution in [0.5, 0.6) is 0 Å². The Balaban J connectivity index is 1.49. The van der Waals surface area contributed by atoms with Crippen molar-refractivity contribution < 1.29 is 9.18 Å². The summed E-state index contributed by atoms with van der Waals surface area (Å²) in [5.41, 5.74) is 0.958. The Bertz CT molecular complexity index is 799. The van der Waals surface area contributed by atoms with Crippen LogP contribution in [0, 0.1) is 11.7 Å². The highest BCUT2D eigenvalue weighted by Gasteiger charge is 2.21. The summed E-state index contributed by atoms with van der Waals surface area (Å²) < 4.78 is 16.4. The van der Waals surface area contributed by atoms with Crippen molar-refractivity contribution in [1.82, 2.24) is 20.1 Å². The van der Waals surface area contributed by atoms with Gasteiger partial charge in [-0.3, -0.25) is 4.79 Å². The van der Waals surface area contributed by atoms with Gasteiger partial charge in [-0.25, -0.2) is 4.39 Å². The van der Waals surface area contributed by atoms with Gasteiger partial charge in [-0.2, -0.15) is 0 Å². The second-order valence-electron chi connectivity index (χ2n) is 7.22. The van der Waals surface area contributed by atoms with Gasteiger partial charge in [0.2, 0.25) is 5.91 Å². The van der Waals surface area contributed by atoms with Gasteiger partial charge in [-0.1, -0.05) is 6.42 Å². The van der Waals surface area contributed by atoms with E-state index in [2.05, 4.69) is 20.8 Å². The van der Waals surface area contributed by atoms with E-state index in [1.165, 1.54) is 18.9 Å².